The third kappa shape index (κ3) is 3.38. The first-order valence-electron chi connectivity index (χ1n) is 5.96. The minimum Gasteiger partial charge on any atom is -0.409 e. The minimum absolute atomic E-state index is 0.0857. The number of morpholine rings is 1. The standard InChI is InChI=1S/C11H16N4O4S/c12-11(13-16)9-2-1-3-10(8-9)14-20(17,18)15-4-6-19-7-5-15/h1-3,8,14,16H,4-7H2,(H2,12,13). The summed E-state index contributed by atoms with van der Waals surface area (Å²) < 4.78 is 33.2. The molecule has 0 spiro atoms. The smallest absolute Gasteiger partial charge is 0.301 e. The van der Waals surface area contributed by atoms with E-state index in [0.29, 0.717) is 37.6 Å². The van der Waals surface area contributed by atoms with Crippen LogP contribution >= 0.6 is 0 Å². The van der Waals surface area contributed by atoms with E-state index in [1.807, 2.05) is 0 Å². The fourth-order valence-electron chi connectivity index (χ4n) is 1.80. The molecule has 20 heavy (non-hydrogen) atoms. The fraction of sp³-hybridized carbons (Fsp3) is 0.364. The first-order valence-corrected chi connectivity index (χ1v) is 7.40. The highest BCUT2D eigenvalue weighted by Gasteiger charge is 2.24. The molecule has 0 aromatic heterocycles. The Kier molecular flexibility index (Phi) is 4.42. The van der Waals surface area contributed by atoms with Crippen molar-refractivity contribution in [3.8, 4) is 0 Å². The van der Waals surface area contributed by atoms with Gasteiger partial charge in [0.05, 0.1) is 18.9 Å². The van der Waals surface area contributed by atoms with Crippen molar-refractivity contribution in [3.05, 3.63) is 29.8 Å². The van der Waals surface area contributed by atoms with Gasteiger partial charge in [0.1, 0.15) is 0 Å². The van der Waals surface area contributed by atoms with Crippen molar-refractivity contribution in [3.63, 3.8) is 0 Å². The summed E-state index contributed by atoms with van der Waals surface area (Å²) in [6.07, 6.45) is 0. The molecule has 1 fully saturated rings. The summed E-state index contributed by atoms with van der Waals surface area (Å²) in [4.78, 5) is 0. The molecule has 110 valence electrons. The molecule has 0 saturated carbocycles. The van der Waals surface area contributed by atoms with Gasteiger partial charge in [-0.1, -0.05) is 17.3 Å². The second-order valence-electron chi connectivity index (χ2n) is 4.18. The first kappa shape index (κ1) is 14.6. The molecule has 1 aromatic rings. The van der Waals surface area contributed by atoms with Crippen LogP contribution in [-0.2, 0) is 14.9 Å². The average molecular weight is 300 g/mol. The molecule has 1 aliphatic rings. The van der Waals surface area contributed by atoms with Gasteiger partial charge < -0.3 is 15.7 Å². The average Bonchev–Trinajstić information content (AvgIpc) is 2.47. The number of benzene rings is 1. The van der Waals surface area contributed by atoms with E-state index in [1.54, 1.807) is 18.2 Å². The third-order valence-electron chi connectivity index (χ3n) is 2.82. The molecule has 0 atom stereocenters. The van der Waals surface area contributed by atoms with E-state index in [2.05, 4.69) is 9.88 Å². The minimum atomic E-state index is -3.63. The Bertz CT molecular complexity index is 596. The van der Waals surface area contributed by atoms with Gasteiger partial charge in [-0.3, -0.25) is 4.72 Å². The van der Waals surface area contributed by atoms with Crippen molar-refractivity contribution in [2.75, 3.05) is 31.0 Å². The maximum absolute atomic E-state index is 12.2. The van der Waals surface area contributed by atoms with Gasteiger partial charge in [0, 0.05) is 18.7 Å². The van der Waals surface area contributed by atoms with Crippen molar-refractivity contribution in [2.45, 2.75) is 0 Å². The van der Waals surface area contributed by atoms with Gasteiger partial charge in [0.2, 0.25) is 0 Å². The fourth-order valence-corrected chi connectivity index (χ4v) is 2.98. The summed E-state index contributed by atoms with van der Waals surface area (Å²) in [6.45, 7) is 1.39. The van der Waals surface area contributed by atoms with Crippen LogP contribution in [-0.4, -0.2) is 50.1 Å². The van der Waals surface area contributed by atoms with Crippen molar-refractivity contribution in [1.29, 1.82) is 0 Å². The molecular weight excluding hydrogens is 284 g/mol. The van der Waals surface area contributed by atoms with E-state index < -0.39 is 10.2 Å². The van der Waals surface area contributed by atoms with Gasteiger partial charge in [-0.05, 0) is 12.1 Å². The maximum Gasteiger partial charge on any atom is 0.301 e. The molecule has 4 N–H and O–H groups in total. The topological polar surface area (TPSA) is 117 Å². The Labute approximate surface area is 117 Å². The van der Waals surface area contributed by atoms with Crippen LogP contribution < -0.4 is 10.5 Å². The summed E-state index contributed by atoms with van der Waals surface area (Å²) >= 11 is 0. The van der Waals surface area contributed by atoms with E-state index in [4.69, 9.17) is 15.7 Å². The number of anilines is 1. The third-order valence-corrected chi connectivity index (χ3v) is 4.36. The molecule has 1 aromatic carbocycles. The highest BCUT2D eigenvalue weighted by molar-refractivity contribution is 7.90. The quantitative estimate of drug-likeness (QED) is 0.307. The van der Waals surface area contributed by atoms with Crippen molar-refractivity contribution in [2.24, 2.45) is 10.9 Å². The number of hydrogen-bond donors (Lipinski definition) is 3. The van der Waals surface area contributed by atoms with E-state index in [1.165, 1.54) is 10.4 Å². The van der Waals surface area contributed by atoms with Crippen LogP contribution in [0.25, 0.3) is 0 Å². The molecule has 8 nitrogen and oxygen atoms in total. The zero-order valence-electron chi connectivity index (χ0n) is 10.7. The number of nitrogens with zero attached hydrogens (tertiary/aromatic N) is 2. The largest absolute Gasteiger partial charge is 0.409 e. The van der Waals surface area contributed by atoms with Gasteiger partial charge in [-0.25, -0.2) is 0 Å². The number of ether oxygens (including phenoxy) is 1. The number of nitrogens with one attached hydrogen (secondary N) is 1. The Hall–Kier alpha value is -1.84. The molecule has 0 radical (unpaired) electrons. The van der Waals surface area contributed by atoms with Gasteiger partial charge in [-0.15, -0.1) is 0 Å². The van der Waals surface area contributed by atoms with E-state index in [0.717, 1.165) is 0 Å². The van der Waals surface area contributed by atoms with Crippen molar-refractivity contribution >= 4 is 21.7 Å². The van der Waals surface area contributed by atoms with Crippen LogP contribution in [0.2, 0.25) is 0 Å². The Morgan fingerprint density at radius 3 is 2.75 bits per heavy atom. The molecule has 1 saturated heterocycles. The Morgan fingerprint density at radius 1 is 1.40 bits per heavy atom. The lowest BCUT2D eigenvalue weighted by Crippen LogP contribution is -2.43. The highest BCUT2D eigenvalue weighted by atomic mass is 32.2. The second-order valence-corrected chi connectivity index (χ2v) is 5.86. The monoisotopic (exact) mass is 300 g/mol. The van der Waals surface area contributed by atoms with Gasteiger partial charge >= 0.3 is 10.2 Å². The zero-order chi connectivity index (χ0) is 14.6. The summed E-state index contributed by atoms with van der Waals surface area (Å²) in [5, 5.41) is 11.5. The van der Waals surface area contributed by atoms with Gasteiger partial charge in [-0.2, -0.15) is 12.7 Å². The number of rotatable bonds is 4. The molecule has 1 aliphatic heterocycles. The molecule has 1 heterocycles. The lowest BCUT2D eigenvalue weighted by molar-refractivity contribution is 0.0733. The van der Waals surface area contributed by atoms with E-state index in [-0.39, 0.29) is 5.84 Å². The van der Waals surface area contributed by atoms with E-state index in [9.17, 15) is 8.42 Å². The Balaban J connectivity index is 2.16. The summed E-state index contributed by atoms with van der Waals surface area (Å²) in [7, 11) is -3.63. The summed E-state index contributed by atoms with van der Waals surface area (Å²) in [5.41, 5.74) is 6.24. The molecular formula is C11H16N4O4S. The number of oxime groups is 1. The molecule has 2 rings (SSSR count). The molecule has 9 heteroatoms. The summed E-state index contributed by atoms with van der Waals surface area (Å²) in [6, 6.07) is 6.31. The van der Waals surface area contributed by atoms with Gasteiger partial charge in [0.25, 0.3) is 0 Å². The summed E-state index contributed by atoms with van der Waals surface area (Å²) in [5.74, 6) is -0.0857. The first-order chi connectivity index (χ1) is 9.53. The van der Waals surface area contributed by atoms with Crippen LogP contribution in [0.3, 0.4) is 0 Å². The predicted molar refractivity (Wildman–Crippen MR) is 73.9 cm³/mol. The van der Waals surface area contributed by atoms with Crippen LogP contribution in [0.5, 0.6) is 0 Å². The maximum atomic E-state index is 12.2. The van der Waals surface area contributed by atoms with Gasteiger partial charge in [0.15, 0.2) is 5.84 Å². The molecule has 0 aliphatic carbocycles. The van der Waals surface area contributed by atoms with Crippen LogP contribution in [0, 0.1) is 0 Å². The number of hydrogen-bond acceptors (Lipinski definition) is 5. The predicted octanol–water partition coefficient (Wildman–Crippen LogP) is -0.230. The zero-order valence-corrected chi connectivity index (χ0v) is 11.5. The Morgan fingerprint density at radius 2 is 2.10 bits per heavy atom. The molecule has 0 unspecified atom stereocenters. The lowest BCUT2D eigenvalue weighted by atomic mass is 10.2. The highest BCUT2D eigenvalue weighted by Crippen LogP contribution is 2.15. The second kappa shape index (κ2) is 6.07. The molecule has 0 amide bonds. The number of nitrogens with two attached hydrogens (primary N) is 1. The lowest BCUT2D eigenvalue weighted by Gasteiger charge is -2.26. The van der Waals surface area contributed by atoms with Crippen molar-refractivity contribution < 1.29 is 18.4 Å². The SMILES string of the molecule is N/C(=N/O)c1cccc(NS(=O)(=O)N2CCOCC2)c1. The number of amidine groups is 1. The van der Waals surface area contributed by atoms with Crippen molar-refractivity contribution in [1.82, 2.24) is 4.31 Å². The molecule has 0 bridgehead atoms. The van der Waals surface area contributed by atoms with Crippen LogP contribution in [0.1, 0.15) is 5.56 Å². The van der Waals surface area contributed by atoms with Crippen LogP contribution in [0.4, 0.5) is 5.69 Å². The van der Waals surface area contributed by atoms with Crippen LogP contribution in [0.15, 0.2) is 29.4 Å². The normalized spacial score (nSPS) is 17.9. The van der Waals surface area contributed by atoms with E-state index >= 15 is 0 Å².